The van der Waals surface area contributed by atoms with E-state index in [1.54, 1.807) is 12.3 Å². The van der Waals surface area contributed by atoms with Crippen LogP contribution in [-0.2, 0) is 9.53 Å². The summed E-state index contributed by atoms with van der Waals surface area (Å²) in [5.41, 5.74) is -0.0213. The van der Waals surface area contributed by atoms with Crippen LogP contribution in [-0.4, -0.2) is 29.7 Å². The minimum absolute atomic E-state index is 0.0495. The lowest BCUT2D eigenvalue weighted by molar-refractivity contribution is -0.148. The Hall–Kier alpha value is -1.62. The molecule has 2 rings (SSSR count). The van der Waals surface area contributed by atoms with Gasteiger partial charge in [0.25, 0.3) is 5.91 Å². The lowest BCUT2D eigenvalue weighted by Crippen LogP contribution is -2.48. The van der Waals surface area contributed by atoms with Gasteiger partial charge in [0.2, 0.25) is 5.88 Å². The molecular formula is C19H30N2O3. The average molecular weight is 334 g/mol. The Morgan fingerprint density at radius 1 is 1.33 bits per heavy atom. The molecule has 0 aliphatic heterocycles. The van der Waals surface area contributed by atoms with E-state index in [1.807, 2.05) is 6.07 Å². The number of aromatic nitrogens is 1. The molecule has 1 saturated carbocycles. The molecule has 0 spiro atoms. The Kier molecular flexibility index (Phi) is 7.03. The zero-order valence-corrected chi connectivity index (χ0v) is 15.1. The van der Waals surface area contributed by atoms with Crippen LogP contribution >= 0.6 is 0 Å². The van der Waals surface area contributed by atoms with Crippen molar-refractivity contribution in [1.82, 2.24) is 4.98 Å². The third-order valence-electron chi connectivity index (χ3n) is 4.40. The zero-order chi connectivity index (χ0) is 17.4. The molecule has 1 N–H and O–H groups in total. The van der Waals surface area contributed by atoms with Crippen LogP contribution in [0.5, 0.6) is 5.88 Å². The van der Waals surface area contributed by atoms with E-state index >= 15 is 0 Å². The lowest BCUT2D eigenvalue weighted by Gasteiger charge is -2.38. The number of anilines is 1. The maximum absolute atomic E-state index is 12.9. The molecule has 1 fully saturated rings. The van der Waals surface area contributed by atoms with Crippen LogP contribution in [0.15, 0.2) is 18.3 Å². The van der Waals surface area contributed by atoms with E-state index in [4.69, 9.17) is 9.47 Å². The van der Waals surface area contributed by atoms with Gasteiger partial charge in [0.1, 0.15) is 5.60 Å². The fourth-order valence-corrected chi connectivity index (χ4v) is 3.19. The van der Waals surface area contributed by atoms with Crippen LogP contribution in [0, 0.1) is 5.92 Å². The van der Waals surface area contributed by atoms with Crippen molar-refractivity contribution in [2.45, 2.75) is 64.9 Å². The second kappa shape index (κ2) is 9.02. The van der Waals surface area contributed by atoms with Crippen molar-refractivity contribution in [3.8, 4) is 5.88 Å². The molecule has 1 aliphatic rings. The van der Waals surface area contributed by atoms with Crippen molar-refractivity contribution in [2.75, 3.05) is 18.5 Å². The minimum atomic E-state index is -0.703. The lowest BCUT2D eigenvalue weighted by atomic mass is 9.78. The molecule has 1 aromatic rings. The highest BCUT2D eigenvalue weighted by Gasteiger charge is 2.42. The summed E-state index contributed by atoms with van der Waals surface area (Å²) in [6.07, 6.45) is 7.25. The van der Waals surface area contributed by atoms with Crippen molar-refractivity contribution in [3.63, 3.8) is 0 Å². The van der Waals surface area contributed by atoms with Crippen LogP contribution < -0.4 is 10.1 Å². The van der Waals surface area contributed by atoms with E-state index in [0.717, 1.165) is 38.5 Å². The number of ether oxygens (including phenoxy) is 2. The fraction of sp³-hybridized carbons (Fsp3) is 0.684. The summed E-state index contributed by atoms with van der Waals surface area (Å²) in [7, 11) is 0. The third-order valence-corrected chi connectivity index (χ3v) is 4.40. The molecule has 5 nitrogen and oxygen atoms in total. The Labute approximate surface area is 145 Å². The number of pyridine rings is 1. The molecule has 2 atom stereocenters. The van der Waals surface area contributed by atoms with Crippen molar-refractivity contribution >= 4 is 11.6 Å². The highest BCUT2D eigenvalue weighted by molar-refractivity contribution is 5.97. The van der Waals surface area contributed by atoms with Gasteiger partial charge in [-0.2, -0.15) is 0 Å². The Morgan fingerprint density at radius 3 is 2.75 bits per heavy atom. The number of carbonyl (C=O) groups excluding carboxylic acids is 1. The molecule has 5 heteroatoms. The summed E-state index contributed by atoms with van der Waals surface area (Å²) in [4.78, 5) is 17.1. The van der Waals surface area contributed by atoms with Crippen LogP contribution in [0.25, 0.3) is 0 Å². The van der Waals surface area contributed by atoms with Crippen LogP contribution in [0.4, 0.5) is 5.69 Å². The molecule has 1 aliphatic carbocycles. The molecule has 24 heavy (non-hydrogen) atoms. The number of carbonyl (C=O) groups is 1. The predicted molar refractivity (Wildman–Crippen MR) is 95.3 cm³/mol. The maximum atomic E-state index is 12.9. The van der Waals surface area contributed by atoms with Gasteiger partial charge in [0, 0.05) is 12.7 Å². The van der Waals surface area contributed by atoms with Gasteiger partial charge in [0.05, 0.1) is 18.5 Å². The van der Waals surface area contributed by atoms with Gasteiger partial charge in [-0.05, 0) is 44.1 Å². The number of nitrogens with one attached hydrogen (secondary N) is 1. The molecular weight excluding hydrogens is 304 g/mol. The topological polar surface area (TPSA) is 60.5 Å². The molecule has 134 valence electrons. The quantitative estimate of drug-likeness (QED) is 0.774. The summed E-state index contributed by atoms with van der Waals surface area (Å²) in [5, 5.41) is 2.98. The van der Waals surface area contributed by atoms with E-state index in [-0.39, 0.29) is 5.91 Å². The van der Waals surface area contributed by atoms with Crippen molar-refractivity contribution in [3.05, 3.63) is 18.3 Å². The van der Waals surface area contributed by atoms with E-state index in [0.29, 0.717) is 30.7 Å². The first-order chi connectivity index (χ1) is 11.6. The average Bonchev–Trinajstić information content (AvgIpc) is 2.59. The number of rotatable bonds is 8. The molecule has 0 unspecified atom stereocenters. The van der Waals surface area contributed by atoms with Crippen LogP contribution in [0.3, 0.4) is 0 Å². The summed E-state index contributed by atoms with van der Waals surface area (Å²) >= 11 is 0. The zero-order valence-electron chi connectivity index (χ0n) is 15.1. The normalized spacial score (nSPS) is 23.7. The van der Waals surface area contributed by atoms with Crippen LogP contribution in [0.2, 0.25) is 0 Å². The van der Waals surface area contributed by atoms with Gasteiger partial charge < -0.3 is 14.8 Å². The largest absolute Gasteiger partial charge is 0.478 e. The number of amides is 1. The van der Waals surface area contributed by atoms with Gasteiger partial charge in [-0.25, -0.2) is 4.98 Å². The fourth-order valence-electron chi connectivity index (χ4n) is 3.19. The van der Waals surface area contributed by atoms with Gasteiger partial charge in [-0.1, -0.05) is 27.2 Å². The molecule has 1 heterocycles. The molecule has 0 aromatic carbocycles. The minimum Gasteiger partial charge on any atom is -0.478 e. The van der Waals surface area contributed by atoms with Gasteiger partial charge >= 0.3 is 0 Å². The molecule has 1 amide bonds. The Morgan fingerprint density at radius 2 is 2.12 bits per heavy atom. The molecule has 0 bridgehead atoms. The summed E-state index contributed by atoms with van der Waals surface area (Å²) in [5.74, 6) is 1.04. The Bertz CT molecular complexity index is 518. The SMILES string of the molecule is CCCOc1ccc(NC(=O)[C@@]2(OCCC)CCC[C@@H](C)C2)cn1. The van der Waals surface area contributed by atoms with Gasteiger partial charge in [-0.3, -0.25) is 4.79 Å². The Balaban J connectivity index is 2.04. The summed E-state index contributed by atoms with van der Waals surface area (Å²) in [6, 6.07) is 3.62. The summed E-state index contributed by atoms with van der Waals surface area (Å²) in [6.45, 7) is 7.57. The highest BCUT2D eigenvalue weighted by Crippen LogP contribution is 2.36. The van der Waals surface area contributed by atoms with E-state index in [2.05, 4.69) is 31.1 Å². The smallest absolute Gasteiger partial charge is 0.256 e. The van der Waals surface area contributed by atoms with Crippen molar-refractivity contribution in [2.24, 2.45) is 5.92 Å². The standard InChI is InChI=1S/C19H30N2O3/c1-4-11-23-17-9-8-16(14-20-17)21-18(22)19(24-12-5-2)10-6-7-15(3)13-19/h8-9,14-15H,4-7,10-13H2,1-3H3,(H,21,22)/t15-,19-/m1/s1. The van der Waals surface area contributed by atoms with E-state index in [1.165, 1.54) is 0 Å². The monoisotopic (exact) mass is 334 g/mol. The number of nitrogens with zero attached hydrogens (tertiary/aromatic N) is 1. The molecule has 0 radical (unpaired) electrons. The molecule has 1 aromatic heterocycles. The third kappa shape index (κ3) is 4.94. The first kappa shape index (κ1) is 18.7. The highest BCUT2D eigenvalue weighted by atomic mass is 16.5. The number of hydrogen-bond donors (Lipinski definition) is 1. The molecule has 0 saturated heterocycles. The van der Waals surface area contributed by atoms with E-state index < -0.39 is 5.60 Å². The number of hydrogen-bond acceptors (Lipinski definition) is 4. The van der Waals surface area contributed by atoms with Crippen molar-refractivity contribution < 1.29 is 14.3 Å². The second-order valence-corrected chi connectivity index (χ2v) is 6.73. The van der Waals surface area contributed by atoms with Gasteiger partial charge in [0.15, 0.2) is 0 Å². The van der Waals surface area contributed by atoms with Crippen molar-refractivity contribution in [1.29, 1.82) is 0 Å². The predicted octanol–water partition coefficient (Wildman–Crippen LogP) is 4.18. The first-order valence-corrected chi connectivity index (χ1v) is 9.14. The first-order valence-electron chi connectivity index (χ1n) is 9.14. The van der Waals surface area contributed by atoms with E-state index in [9.17, 15) is 4.79 Å². The van der Waals surface area contributed by atoms with Crippen LogP contribution in [0.1, 0.15) is 59.3 Å². The maximum Gasteiger partial charge on any atom is 0.256 e. The summed E-state index contributed by atoms with van der Waals surface area (Å²) < 4.78 is 11.5. The second-order valence-electron chi connectivity index (χ2n) is 6.73. The van der Waals surface area contributed by atoms with Gasteiger partial charge in [-0.15, -0.1) is 0 Å².